The highest BCUT2D eigenvalue weighted by Crippen LogP contribution is 2.29. The van der Waals surface area contributed by atoms with E-state index in [1.54, 1.807) is 31.3 Å². The van der Waals surface area contributed by atoms with Gasteiger partial charge in [-0.1, -0.05) is 17.5 Å². The number of nitrogens with one attached hydrogen (secondary N) is 1. The first-order chi connectivity index (χ1) is 19.0. The molecule has 1 aromatic carbocycles. The fraction of sp³-hybridized carbons (Fsp3) is 0.250. The minimum Gasteiger partial charge on any atom is -0.358 e. The maximum absolute atomic E-state index is 12.8. The van der Waals surface area contributed by atoms with Crippen LogP contribution in [0.2, 0.25) is 5.02 Å². The van der Waals surface area contributed by atoms with Gasteiger partial charge in [-0.05, 0) is 75.1 Å². The molecule has 0 atom stereocenters. The topological polar surface area (TPSA) is 123 Å². The lowest BCUT2D eigenvalue weighted by Crippen LogP contribution is -2.41. The highest BCUT2D eigenvalue weighted by atomic mass is 79.9. The van der Waals surface area contributed by atoms with Gasteiger partial charge < -0.3 is 19.9 Å². The Bertz CT molecular complexity index is 1650. The number of likely N-dealkylation sites (N-methyl/N-ethyl adjacent to an activating group) is 1. The lowest BCUT2D eigenvalue weighted by Gasteiger charge is -2.28. The van der Waals surface area contributed by atoms with Crippen molar-refractivity contribution in [2.45, 2.75) is 19.8 Å². The van der Waals surface area contributed by atoms with Crippen LogP contribution in [0.5, 0.6) is 0 Å². The van der Waals surface area contributed by atoms with Gasteiger partial charge in [0.1, 0.15) is 18.7 Å². The molecule has 0 fully saturated rings. The number of allylic oxidation sites excluding steroid dienone is 1. The molecule has 0 amide bonds. The van der Waals surface area contributed by atoms with Crippen molar-refractivity contribution in [3.63, 3.8) is 0 Å². The second-order valence-corrected chi connectivity index (χ2v) is 11.0. The zero-order valence-electron chi connectivity index (χ0n) is 22.1. The molecule has 0 spiro atoms. The van der Waals surface area contributed by atoms with Crippen LogP contribution in [-0.2, 0) is 11.2 Å². The van der Waals surface area contributed by atoms with Gasteiger partial charge in [-0.25, -0.2) is 9.97 Å². The molecule has 0 saturated carbocycles. The standard InChI is InChI=1S/C28H26BrClN7O3/c1-4-6-19-11-18(28(35-19)36(39)40)16-37(2,3)10-5-7-22(38)12-21-13-23-26(15-31-21)32-17-33-27(23)34-20-8-9-25(30)24(29)14-20/h5,7-9,13-15,17H,10-12,16H2,1-3H3,(H,32,33,34)/q+1/b7-5+. The van der Waals surface area contributed by atoms with E-state index in [-0.39, 0.29) is 18.0 Å². The molecule has 0 radical (unpaired) electrons. The van der Waals surface area contributed by atoms with E-state index in [0.717, 1.165) is 15.5 Å². The maximum atomic E-state index is 12.8. The summed E-state index contributed by atoms with van der Waals surface area (Å²) in [6.45, 7) is 2.59. The Morgan fingerprint density at radius 3 is 2.80 bits per heavy atom. The van der Waals surface area contributed by atoms with Gasteiger partial charge in [0.25, 0.3) is 0 Å². The molecule has 0 aliphatic carbocycles. The number of nitrogens with zero attached hydrogens (tertiary/aromatic N) is 6. The van der Waals surface area contributed by atoms with Crippen molar-refractivity contribution in [1.82, 2.24) is 15.0 Å². The zero-order chi connectivity index (χ0) is 28.9. The van der Waals surface area contributed by atoms with E-state index in [2.05, 4.69) is 53.0 Å². The van der Waals surface area contributed by atoms with E-state index in [1.807, 2.05) is 26.2 Å². The van der Waals surface area contributed by atoms with Gasteiger partial charge in [-0.2, -0.15) is 0 Å². The third kappa shape index (κ3) is 7.35. The summed E-state index contributed by atoms with van der Waals surface area (Å²) < 4.78 is 1.17. The van der Waals surface area contributed by atoms with E-state index in [1.165, 1.54) is 12.4 Å². The number of carbonyl (C=O) groups is 1. The summed E-state index contributed by atoms with van der Waals surface area (Å²) in [4.78, 5) is 40.8. The van der Waals surface area contributed by atoms with Gasteiger partial charge in [0.05, 0.1) is 55.8 Å². The molecule has 1 N–H and O–H groups in total. The molecular weight excluding hydrogens is 598 g/mol. The molecule has 1 aliphatic heterocycles. The van der Waals surface area contributed by atoms with Crippen LogP contribution in [0, 0.1) is 22.0 Å². The van der Waals surface area contributed by atoms with E-state index in [0.29, 0.717) is 57.3 Å². The largest absolute Gasteiger partial charge is 0.369 e. The molecule has 0 unspecified atom stereocenters. The number of hydrogen-bond acceptors (Lipinski definition) is 8. The van der Waals surface area contributed by atoms with Crippen molar-refractivity contribution in [1.29, 1.82) is 0 Å². The molecule has 3 aromatic rings. The second kappa shape index (κ2) is 12.5. The van der Waals surface area contributed by atoms with Crippen molar-refractivity contribution in [3.05, 3.63) is 85.6 Å². The summed E-state index contributed by atoms with van der Waals surface area (Å²) in [6, 6.07) is 7.26. The average Bonchev–Trinajstić information content (AvgIpc) is 3.28. The van der Waals surface area contributed by atoms with Crippen LogP contribution >= 0.6 is 27.5 Å². The molecule has 204 valence electrons. The molecule has 1 aliphatic rings. The summed E-state index contributed by atoms with van der Waals surface area (Å²) in [5.41, 5.74) is 3.14. The summed E-state index contributed by atoms with van der Waals surface area (Å²) in [6.07, 6.45) is 6.85. The summed E-state index contributed by atoms with van der Waals surface area (Å²) >= 11 is 9.52. The van der Waals surface area contributed by atoms with Gasteiger partial charge in [0.2, 0.25) is 5.71 Å². The number of hydrogen-bond donors (Lipinski definition) is 1. The maximum Gasteiger partial charge on any atom is 0.369 e. The number of rotatable bonds is 10. The van der Waals surface area contributed by atoms with Crippen LogP contribution in [-0.4, -0.2) is 63.0 Å². The van der Waals surface area contributed by atoms with Crippen LogP contribution in [0.1, 0.15) is 19.0 Å². The summed E-state index contributed by atoms with van der Waals surface area (Å²) in [7, 11) is 3.89. The van der Waals surface area contributed by atoms with Crippen molar-refractivity contribution in [2.75, 3.05) is 32.5 Å². The Morgan fingerprint density at radius 1 is 1.27 bits per heavy atom. The van der Waals surface area contributed by atoms with E-state index < -0.39 is 4.92 Å². The Hall–Kier alpha value is -3.98. The number of aromatic nitrogens is 3. The Morgan fingerprint density at radius 2 is 2.08 bits per heavy atom. The molecule has 0 bridgehead atoms. The van der Waals surface area contributed by atoms with Crippen LogP contribution < -0.4 is 5.32 Å². The first-order valence-corrected chi connectivity index (χ1v) is 13.4. The number of aliphatic imine (C=N–C) groups is 1. The van der Waals surface area contributed by atoms with E-state index in [9.17, 15) is 14.9 Å². The summed E-state index contributed by atoms with van der Waals surface area (Å²) in [5, 5.41) is 16.0. The molecule has 40 heavy (non-hydrogen) atoms. The minimum atomic E-state index is -0.462. The Balaban J connectivity index is 1.41. The zero-order valence-corrected chi connectivity index (χ0v) is 24.5. The van der Waals surface area contributed by atoms with Crippen molar-refractivity contribution < 1.29 is 14.2 Å². The number of carbonyl (C=O) groups excluding carboxylic acids is 1. The minimum absolute atomic E-state index is 0.101. The molecule has 10 nitrogen and oxygen atoms in total. The molecule has 3 heterocycles. The third-order valence-electron chi connectivity index (χ3n) is 6.02. The van der Waals surface area contributed by atoms with Gasteiger partial charge >= 0.3 is 5.82 Å². The number of nitro groups is 1. The highest BCUT2D eigenvalue weighted by Gasteiger charge is 2.32. The van der Waals surface area contributed by atoms with Crippen molar-refractivity contribution in [3.8, 4) is 11.8 Å². The lowest BCUT2D eigenvalue weighted by atomic mass is 10.1. The molecule has 2 aromatic heterocycles. The number of fused-ring (bicyclic) bond motifs is 1. The highest BCUT2D eigenvalue weighted by molar-refractivity contribution is 9.10. The van der Waals surface area contributed by atoms with Gasteiger partial charge in [0, 0.05) is 21.2 Å². The molecular formula is C28H26BrClN7O3+. The Kier molecular flexibility index (Phi) is 9.04. The van der Waals surface area contributed by atoms with Gasteiger partial charge in [0.15, 0.2) is 5.78 Å². The predicted molar refractivity (Wildman–Crippen MR) is 159 cm³/mol. The quantitative estimate of drug-likeness (QED) is 0.107. The second-order valence-electron chi connectivity index (χ2n) is 9.79. The van der Waals surface area contributed by atoms with Crippen LogP contribution in [0.25, 0.3) is 10.9 Å². The smallest absolute Gasteiger partial charge is 0.358 e. The summed E-state index contributed by atoms with van der Waals surface area (Å²) in [5.74, 6) is 5.90. The first kappa shape index (κ1) is 29.0. The molecule has 0 saturated heterocycles. The lowest BCUT2D eigenvalue weighted by molar-refractivity contribution is -0.880. The van der Waals surface area contributed by atoms with Gasteiger partial charge in [-0.3, -0.25) is 9.78 Å². The van der Waals surface area contributed by atoms with Crippen molar-refractivity contribution >= 4 is 61.4 Å². The van der Waals surface area contributed by atoms with Crippen LogP contribution in [0.4, 0.5) is 11.5 Å². The fourth-order valence-electron chi connectivity index (χ4n) is 4.24. The van der Waals surface area contributed by atoms with E-state index in [4.69, 9.17) is 11.6 Å². The monoisotopic (exact) mass is 622 g/mol. The van der Waals surface area contributed by atoms with Crippen LogP contribution in [0.15, 0.2) is 69.8 Å². The number of anilines is 2. The molecule has 4 rings (SSSR count). The first-order valence-electron chi connectivity index (χ1n) is 12.2. The number of pyridine rings is 1. The Labute approximate surface area is 244 Å². The number of halogens is 2. The average molecular weight is 624 g/mol. The van der Waals surface area contributed by atoms with Crippen molar-refractivity contribution in [2.24, 2.45) is 4.99 Å². The predicted octanol–water partition coefficient (Wildman–Crippen LogP) is 5.28. The van der Waals surface area contributed by atoms with E-state index >= 15 is 0 Å². The number of quaternary nitrogens is 1. The molecule has 12 heteroatoms. The fourth-order valence-corrected chi connectivity index (χ4v) is 4.73. The normalized spacial score (nSPS) is 13.4. The number of benzene rings is 1. The number of ketones is 1. The third-order valence-corrected chi connectivity index (χ3v) is 7.23. The van der Waals surface area contributed by atoms with Crippen LogP contribution in [0.3, 0.4) is 0 Å². The SMILES string of the molecule is CC#CC1=NC([N+](=O)[O-])=C(C[N+](C)(C)C/C=C/C(=O)Cc2cc3c(Nc4ccc(Cl)c(Br)c4)ncnc3cn2)C1. The van der Waals surface area contributed by atoms with Gasteiger partial charge in [-0.15, -0.1) is 0 Å².